The molecule has 0 aliphatic rings. The number of nitrogens with one attached hydrogen (secondary N) is 1. The molecule has 0 aliphatic heterocycles. The van der Waals surface area contributed by atoms with Gasteiger partial charge in [0.15, 0.2) is 0 Å². The molecule has 2 rings (SSSR count). The van der Waals surface area contributed by atoms with Gasteiger partial charge in [0.05, 0.1) is 17.2 Å². The Bertz CT molecular complexity index is 778. The van der Waals surface area contributed by atoms with Crippen molar-refractivity contribution in [2.24, 2.45) is 7.05 Å². The third kappa shape index (κ3) is 3.26. The van der Waals surface area contributed by atoms with Gasteiger partial charge in [-0.05, 0) is 45.4 Å². The van der Waals surface area contributed by atoms with Crippen molar-refractivity contribution in [1.82, 2.24) is 9.78 Å². The zero-order chi connectivity index (χ0) is 17.3. The van der Waals surface area contributed by atoms with Crippen LogP contribution in [-0.4, -0.2) is 26.8 Å². The van der Waals surface area contributed by atoms with Gasteiger partial charge in [0, 0.05) is 24.0 Å². The van der Waals surface area contributed by atoms with Crippen LogP contribution in [0.3, 0.4) is 0 Å². The minimum atomic E-state index is -1.01. The molecule has 6 nitrogen and oxygen atoms in total. The van der Waals surface area contributed by atoms with Gasteiger partial charge in [0.1, 0.15) is 0 Å². The minimum Gasteiger partial charge on any atom is -0.478 e. The second-order valence-corrected chi connectivity index (χ2v) is 5.75. The van der Waals surface area contributed by atoms with E-state index in [1.165, 1.54) is 6.07 Å². The van der Waals surface area contributed by atoms with E-state index in [9.17, 15) is 9.59 Å². The molecule has 1 aromatic carbocycles. The first-order valence-electron chi connectivity index (χ1n) is 7.37. The fourth-order valence-electron chi connectivity index (χ4n) is 2.73. The van der Waals surface area contributed by atoms with E-state index in [1.54, 1.807) is 23.7 Å². The van der Waals surface area contributed by atoms with Crippen molar-refractivity contribution in [2.75, 3.05) is 5.32 Å². The number of benzene rings is 1. The van der Waals surface area contributed by atoms with Crippen molar-refractivity contribution < 1.29 is 14.7 Å². The van der Waals surface area contributed by atoms with Crippen LogP contribution in [0, 0.1) is 20.8 Å². The molecule has 1 unspecified atom stereocenters. The van der Waals surface area contributed by atoms with Crippen LogP contribution in [0.5, 0.6) is 0 Å². The summed E-state index contributed by atoms with van der Waals surface area (Å²) in [5.74, 6) is -1.58. The van der Waals surface area contributed by atoms with Crippen LogP contribution < -0.4 is 5.32 Å². The average molecular weight is 315 g/mol. The quantitative estimate of drug-likeness (QED) is 0.908. The molecule has 2 N–H and O–H groups in total. The van der Waals surface area contributed by atoms with Crippen molar-refractivity contribution in [1.29, 1.82) is 0 Å². The van der Waals surface area contributed by atoms with Gasteiger partial charge < -0.3 is 10.4 Å². The van der Waals surface area contributed by atoms with E-state index in [0.29, 0.717) is 11.3 Å². The summed E-state index contributed by atoms with van der Waals surface area (Å²) in [6.07, 6.45) is 0. The summed E-state index contributed by atoms with van der Waals surface area (Å²) < 4.78 is 1.75. The summed E-state index contributed by atoms with van der Waals surface area (Å²) in [6.45, 7) is 7.34. The van der Waals surface area contributed by atoms with Crippen LogP contribution in [-0.2, 0) is 11.8 Å². The third-order valence-electron chi connectivity index (χ3n) is 4.13. The molecule has 6 heteroatoms. The molecule has 1 amide bonds. The Hall–Kier alpha value is -2.63. The maximum absolute atomic E-state index is 12.5. The number of carboxylic acids is 1. The number of aryl methyl sites for hydroxylation is 3. The Morgan fingerprint density at radius 2 is 1.91 bits per heavy atom. The molecular weight excluding hydrogens is 294 g/mol. The van der Waals surface area contributed by atoms with Crippen LogP contribution in [0.1, 0.15) is 45.7 Å². The molecule has 2 aromatic rings. The molecule has 122 valence electrons. The normalized spacial score (nSPS) is 12.0. The van der Waals surface area contributed by atoms with Crippen molar-refractivity contribution in [3.05, 3.63) is 46.3 Å². The Labute approximate surface area is 135 Å². The number of carbonyl (C=O) groups excluding carboxylic acids is 1. The molecule has 0 radical (unpaired) electrons. The lowest BCUT2D eigenvalue weighted by Gasteiger charge is -2.14. The molecular formula is C17H21N3O3. The highest BCUT2D eigenvalue weighted by Gasteiger charge is 2.23. The zero-order valence-corrected chi connectivity index (χ0v) is 14.0. The molecule has 0 bridgehead atoms. The number of carbonyl (C=O) groups is 2. The first-order valence-corrected chi connectivity index (χ1v) is 7.37. The van der Waals surface area contributed by atoms with Crippen molar-refractivity contribution in [3.63, 3.8) is 0 Å². The van der Waals surface area contributed by atoms with E-state index in [-0.39, 0.29) is 17.4 Å². The molecule has 0 fully saturated rings. The number of hydrogen-bond acceptors (Lipinski definition) is 3. The average Bonchev–Trinajstić information content (AvgIpc) is 2.73. The molecule has 0 saturated heterocycles. The Kier molecular flexibility index (Phi) is 4.54. The number of nitrogens with zero attached hydrogens (tertiary/aromatic N) is 2. The molecule has 0 spiro atoms. The van der Waals surface area contributed by atoms with Gasteiger partial charge >= 0.3 is 5.97 Å². The number of rotatable bonds is 4. The Balaban J connectivity index is 2.25. The summed E-state index contributed by atoms with van der Waals surface area (Å²) in [4.78, 5) is 23.7. The SMILES string of the molecule is Cc1ccc(NC(=O)C(C)c2c(C)nn(C)c2C)cc1C(=O)O. The second kappa shape index (κ2) is 6.24. The predicted octanol–water partition coefficient (Wildman–Crippen LogP) is 2.79. The first kappa shape index (κ1) is 16.7. The highest BCUT2D eigenvalue weighted by molar-refractivity contribution is 5.97. The molecule has 0 aliphatic carbocycles. The molecule has 1 atom stereocenters. The first-order chi connectivity index (χ1) is 10.7. The highest BCUT2D eigenvalue weighted by Crippen LogP contribution is 2.25. The lowest BCUT2D eigenvalue weighted by molar-refractivity contribution is -0.117. The van der Waals surface area contributed by atoms with Gasteiger partial charge in [0.2, 0.25) is 5.91 Å². The number of amides is 1. The van der Waals surface area contributed by atoms with Gasteiger partial charge in [-0.1, -0.05) is 6.07 Å². The minimum absolute atomic E-state index is 0.184. The summed E-state index contributed by atoms with van der Waals surface area (Å²) >= 11 is 0. The summed E-state index contributed by atoms with van der Waals surface area (Å²) in [5.41, 5.74) is 3.98. The van der Waals surface area contributed by atoms with E-state index in [2.05, 4.69) is 10.4 Å². The second-order valence-electron chi connectivity index (χ2n) is 5.75. The molecule has 1 heterocycles. The lowest BCUT2D eigenvalue weighted by atomic mass is 9.98. The van der Waals surface area contributed by atoms with Gasteiger partial charge in [0.25, 0.3) is 0 Å². The van der Waals surface area contributed by atoms with Crippen LogP contribution in [0.4, 0.5) is 5.69 Å². The maximum Gasteiger partial charge on any atom is 0.336 e. The largest absolute Gasteiger partial charge is 0.478 e. The van der Waals surface area contributed by atoms with Gasteiger partial charge in [-0.3, -0.25) is 9.48 Å². The lowest BCUT2D eigenvalue weighted by Crippen LogP contribution is -2.20. The number of aromatic nitrogens is 2. The van der Waals surface area contributed by atoms with E-state index in [4.69, 9.17) is 5.11 Å². The van der Waals surface area contributed by atoms with Crippen molar-refractivity contribution in [2.45, 2.75) is 33.6 Å². The van der Waals surface area contributed by atoms with Gasteiger partial charge in [-0.25, -0.2) is 4.79 Å². The van der Waals surface area contributed by atoms with E-state index < -0.39 is 5.97 Å². The van der Waals surface area contributed by atoms with Gasteiger partial charge in [-0.2, -0.15) is 5.10 Å². The monoisotopic (exact) mass is 315 g/mol. The number of carboxylic acid groups (broad SMARTS) is 1. The molecule has 1 aromatic heterocycles. The fourth-order valence-corrected chi connectivity index (χ4v) is 2.73. The Morgan fingerprint density at radius 1 is 1.26 bits per heavy atom. The van der Waals surface area contributed by atoms with E-state index in [0.717, 1.165) is 17.0 Å². The highest BCUT2D eigenvalue weighted by atomic mass is 16.4. The molecule has 0 saturated carbocycles. The predicted molar refractivity (Wildman–Crippen MR) is 87.9 cm³/mol. The standard InChI is InChI=1S/C17H21N3O3/c1-9-6-7-13(8-14(9)17(22)23)18-16(21)10(2)15-11(3)19-20(5)12(15)4/h6-8,10H,1-5H3,(H,18,21)(H,22,23). The van der Waals surface area contributed by atoms with Crippen LogP contribution in [0.2, 0.25) is 0 Å². The number of aromatic carboxylic acids is 1. The van der Waals surface area contributed by atoms with Crippen molar-refractivity contribution >= 4 is 17.6 Å². The number of anilines is 1. The summed E-state index contributed by atoms with van der Waals surface area (Å²) in [5, 5.41) is 16.3. The van der Waals surface area contributed by atoms with Gasteiger partial charge in [-0.15, -0.1) is 0 Å². The summed E-state index contributed by atoms with van der Waals surface area (Å²) in [6, 6.07) is 4.87. The van der Waals surface area contributed by atoms with Crippen LogP contribution in [0.25, 0.3) is 0 Å². The topological polar surface area (TPSA) is 84.2 Å². The third-order valence-corrected chi connectivity index (χ3v) is 4.13. The van der Waals surface area contributed by atoms with E-state index >= 15 is 0 Å². The molecule has 23 heavy (non-hydrogen) atoms. The van der Waals surface area contributed by atoms with Crippen LogP contribution >= 0.6 is 0 Å². The summed E-state index contributed by atoms with van der Waals surface area (Å²) in [7, 11) is 1.84. The smallest absolute Gasteiger partial charge is 0.336 e. The Morgan fingerprint density at radius 3 is 2.43 bits per heavy atom. The zero-order valence-electron chi connectivity index (χ0n) is 14.0. The fraction of sp³-hybridized carbons (Fsp3) is 0.353. The number of hydrogen-bond donors (Lipinski definition) is 2. The van der Waals surface area contributed by atoms with Crippen molar-refractivity contribution in [3.8, 4) is 0 Å². The maximum atomic E-state index is 12.5. The van der Waals surface area contributed by atoms with Crippen LogP contribution in [0.15, 0.2) is 18.2 Å². The van der Waals surface area contributed by atoms with E-state index in [1.807, 2.05) is 27.8 Å².